The first-order chi connectivity index (χ1) is 10.2. The number of methoxy groups -OCH3 is 1. The fourth-order valence-corrected chi connectivity index (χ4v) is 1.54. The summed E-state index contributed by atoms with van der Waals surface area (Å²) in [6.07, 6.45) is 1.83. The molecule has 2 amide bonds. The summed E-state index contributed by atoms with van der Waals surface area (Å²) in [4.78, 5) is 22.8. The Morgan fingerprint density at radius 3 is 2.14 bits per heavy atom. The molecule has 0 spiro atoms. The van der Waals surface area contributed by atoms with Crippen molar-refractivity contribution in [1.29, 1.82) is 0 Å². The van der Waals surface area contributed by atoms with Crippen LogP contribution in [0.25, 0.3) is 0 Å². The van der Waals surface area contributed by atoms with Gasteiger partial charge in [0, 0.05) is 6.54 Å². The van der Waals surface area contributed by atoms with Crippen molar-refractivity contribution in [3.63, 3.8) is 0 Å². The number of unbranched alkanes of at least 4 members (excludes halogenated alkanes) is 1. The van der Waals surface area contributed by atoms with Crippen molar-refractivity contribution in [2.75, 3.05) is 26.8 Å². The van der Waals surface area contributed by atoms with E-state index < -0.39 is 11.8 Å². The molecule has 21 heavy (non-hydrogen) atoms. The van der Waals surface area contributed by atoms with E-state index in [2.05, 4.69) is 10.6 Å². The second-order valence-electron chi connectivity index (χ2n) is 4.39. The molecule has 116 valence electrons. The Labute approximate surface area is 124 Å². The second kappa shape index (κ2) is 9.63. The second-order valence-corrected chi connectivity index (χ2v) is 4.39. The van der Waals surface area contributed by atoms with Gasteiger partial charge < -0.3 is 20.1 Å². The fraction of sp³-hybridized carbons (Fsp3) is 0.467. The van der Waals surface area contributed by atoms with Crippen molar-refractivity contribution in [1.82, 2.24) is 10.6 Å². The molecule has 0 fully saturated rings. The molecule has 1 aromatic carbocycles. The van der Waals surface area contributed by atoms with E-state index in [0.717, 1.165) is 18.6 Å². The molecule has 0 heterocycles. The highest BCUT2D eigenvalue weighted by Gasteiger charge is 2.11. The molecule has 1 rings (SSSR count). The van der Waals surface area contributed by atoms with E-state index in [1.807, 2.05) is 6.92 Å². The molecule has 0 aliphatic rings. The van der Waals surface area contributed by atoms with E-state index in [0.29, 0.717) is 18.9 Å². The largest absolute Gasteiger partial charge is 0.497 e. The maximum atomic E-state index is 11.4. The first-order valence-corrected chi connectivity index (χ1v) is 7.00. The van der Waals surface area contributed by atoms with Crippen LogP contribution in [0.2, 0.25) is 0 Å². The minimum absolute atomic E-state index is 0.270. The van der Waals surface area contributed by atoms with Crippen LogP contribution >= 0.6 is 0 Å². The Kier molecular flexibility index (Phi) is 7.71. The monoisotopic (exact) mass is 294 g/mol. The van der Waals surface area contributed by atoms with E-state index in [1.165, 1.54) is 0 Å². The SMILES string of the molecule is CCCCNC(=O)C(=O)NCCOc1ccc(OC)cc1. The van der Waals surface area contributed by atoms with Crippen molar-refractivity contribution < 1.29 is 19.1 Å². The molecular formula is C15H22N2O4. The first kappa shape index (κ1) is 16.8. The Balaban J connectivity index is 2.17. The Bertz CT molecular complexity index is 445. The van der Waals surface area contributed by atoms with Crippen LogP contribution in [-0.4, -0.2) is 38.6 Å². The summed E-state index contributed by atoms with van der Waals surface area (Å²) in [7, 11) is 1.59. The van der Waals surface area contributed by atoms with E-state index in [1.54, 1.807) is 31.4 Å². The first-order valence-electron chi connectivity index (χ1n) is 7.00. The number of hydrogen-bond acceptors (Lipinski definition) is 4. The van der Waals surface area contributed by atoms with Gasteiger partial charge >= 0.3 is 11.8 Å². The third-order valence-corrected chi connectivity index (χ3v) is 2.74. The topological polar surface area (TPSA) is 76.7 Å². The predicted octanol–water partition coefficient (Wildman–Crippen LogP) is 1.11. The van der Waals surface area contributed by atoms with Crippen LogP contribution in [0.15, 0.2) is 24.3 Å². The highest BCUT2D eigenvalue weighted by atomic mass is 16.5. The molecule has 2 N–H and O–H groups in total. The fourth-order valence-electron chi connectivity index (χ4n) is 1.54. The zero-order valence-electron chi connectivity index (χ0n) is 12.5. The zero-order valence-corrected chi connectivity index (χ0v) is 12.5. The molecular weight excluding hydrogens is 272 g/mol. The Hall–Kier alpha value is -2.24. The van der Waals surface area contributed by atoms with E-state index in [9.17, 15) is 9.59 Å². The van der Waals surface area contributed by atoms with Gasteiger partial charge in [0.05, 0.1) is 13.7 Å². The van der Waals surface area contributed by atoms with Gasteiger partial charge in [-0.1, -0.05) is 13.3 Å². The van der Waals surface area contributed by atoms with Crippen LogP contribution in [-0.2, 0) is 9.59 Å². The van der Waals surface area contributed by atoms with Gasteiger partial charge in [0.15, 0.2) is 0 Å². The van der Waals surface area contributed by atoms with Crippen LogP contribution in [0.4, 0.5) is 0 Å². The lowest BCUT2D eigenvalue weighted by molar-refractivity contribution is -0.139. The minimum atomic E-state index is -0.635. The molecule has 6 heteroatoms. The summed E-state index contributed by atoms with van der Waals surface area (Å²) in [5.41, 5.74) is 0. The molecule has 1 aromatic rings. The average Bonchev–Trinajstić information content (AvgIpc) is 2.52. The van der Waals surface area contributed by atoms with Gasteiger partial charge in [-0.2, -0.15) is 0 Å². The highest BCUT2D eigenvalue weighted by molar-refractivity contribution is 6.35. The van der Waals surface area contributed by atoms with Crippen molar-refractivity contribution >= 4 is 11.8 Å². The zero-order chi connectivity index (χ0) is 15.5. The van der Waals surface area contributed by atoms with Crippen molar-refractivity contribution in [3.05, 3.63) is 24.3 Å². The van der Waals surface area contributed by atoms with Crippen LogP contribution in [0, 0.1) is 0 Å². The summed E-state index contributed by atoms with van der Waals surface area (Å²) in [5.74, 6) is 0.189. The molecule has 0 saturated heterocycles. The van der Waals surface area contributed by atoms with Crippen molar-refractivity contribution in [2.45, 2.75) is 19.8 Å². The molecule has 0 aromatic heterocycles. The van der Waals surface area contributed by atoms with Crippen LogP contribution in [0.1, 0.15) is 19.8 Å². The normalized spacial score (nSPS) is 9.81. The molecule has 0 unspecified atom stereocenters. The van der Waals surface area contributed by atoms with Crippen molar-refractivity contribution in [2.24, 2.45) is 0 Å². The lowest BCUT2D eigenvalue weighted by atomic mass is 10.3. The smallest absolute Gasteiger partial charge is 0.309 e. The molecule has 0 radical (unpaired) electrons. The van der Waals surface area contributed by atoms with Gasteiger partial charge in [0.1, 0.15) is 18.1 Å². The summed E-state index contributed by atoms with van der Waals surface area (Å²) in [5, 5.41) is 5.05. The van der Waals surface area contributed by atoms with Gasteiger partial charge in [-0.25, -0.2) is 0 Å². The third kappa shape index (κ3) is 6.65. The number of benzene rings is 1. The molecule has 0 atom stereocenters. The molecule has 0 aliphatic heterocycles. The van der Waals surface area contributed by atoms with Crippen molar-refractivity contribution in [3.8, 4) is 11.5 Å². The highest BCUT2D eigenvalue weighted by Crippen LogP contribution is 2.16. The van der Waals surface area contributed by atoms with Gasteiger partial charge in [-0.05, 0) is 30.7 Å². The summed E-state index contributed by atoms with van der Waals surface area (Å²) < 4.78 is 10.5. The third-order valence-electron chi connectivity index (χ3n) is 2.74. The van der Waals surface area contributed by atoms with Gasteiger partial charge in [-0.3, -0.25) is 9.59 Å². The lowest BCUT2D eigenvalue weighted by Gasteiger charge is -2.08. The summed E-state index contributed by atoms with van der Waals surface area (Å²) >= 11 is 0. The lowest BCUT2D eigenvalue weighted by Crippen LogP contribution is -2.41. The van der Waals surface area contributed by atoms with Crippen LogP contribution in [0.3, 0.4) is 0 Å². The molecule has 0 bridgehead atoms. The van der Waals surface area contributed by atoms with E-state index in [4.69, 9.17) is 9.47 Å². The van der Waals surface area contributed by atoms with Gasteiger partial charge in [-0.15, -0.1) is 0 Å². The van der Waals surface area contributed by atoms with Gasteiger partial charge in [0.2, 0.25) is 0 Å². The summed E-state index contributed by atoms with van der Waals surface area (Å²) in [6.45, 7) is 3.10. The average molecular weight is 294 g/mol. The number of carbonyl (C=O) groups excluding carboxylic acids is 2. The number of hydrogen-bond donors (Lipinski definition) is 2. The predicted molar refractivity (Wildman–Crippen MR) is 79.4 cm³/mol. The number of rotatable bonds is 8. The number of amides is 2. The standard InChI is InChI=1S/C15H22N2O4/c1-3-4-9-16-14(18)15(19)17-10-11-21-13-7-5-12(20-2)6-8-13/h5-8H,3-4,9-11H2,1-2H3,(H,16,18)(H,17,19). The van der Waals surface area contributed by atoms with E-state index >= 15 is 0 Å². The van der Waals surface area contributed by atoms with Crippen LogP contribution < -0.4 is 20.1 Å². The molecule has 0 aliphatic carbocycles. The molecule has 6 nitrogen and oxygen atoms in total. The number of carbonyl (C=O) groups is 2. The van der Waals surface area contributed by atoms with E-state index in [-0.39, 0.29) is 6.54 Å². The Morgan fingerprint density at radius 2 is 1.57 bits per heavy atom. The van der Waals surface area contributed by atoms with Gasteiger partial charge in [0.25, 0.3) is 0 Å². The number of nitrogens with one attached hydrogen (secondary N) is 2. The minimum Gasteiger partial charge on any atom is -0.497 e. The summed E-state index contributed by atoms with van der Waals surface area (Å²) in [6, 6.07) is 7.13. The Morgan fingerprint density at radius 1 is 1.00 bits per heavy atom. The maximum absolute atomic E-state index is 11.4. The number of ether oxygens (including phenoxy) is 2. The quantitative estimate of drug-likeness (QED) is 0.556. The molecule has 0 saturated carbocycles. The maximum Gasteiger partial charge on any atom is 0.309 e. The van der Waals surface area contributed by atoms with Crippen LogP contribution in [0.5, 0.6) is 11.5 Å².